The number of halogens is 1. The third kappa shape index (κ3) is 2.40. The van der Waals surface area contributed by atoms with E-state index in [0.29, 0.717) is 16.6 Å². The minimum Gasteiger partial charge on any atom is -0.246 e. The van der Waals surface area contributed by atoms with E-state index >= 15 is 0 Å². The molecule has 0 aliphatic heterocycles. The summed E-state index contributed by atoms with van der Waals surface area (Å²) in [6.07, 6.45) is 0. The zero-order chi connectivity index (χ0) is 15.1. The topological polar surface area (TPSA) is 12.9 Å². The molecule has 1 nitrogen and oxygen atoms in total. The van der Waals surface area contributed by atoms with Crippen molar-refractivity contribution in [3.8, 4) is 0 Å². The van der Waals surface area contributed by atoms with E-state index in [-0.39, 0.29) is 0 Å². The average molecular weight is 370 g/mol. The SMILES string of the molecule is CC(C)[Si](c1nc2cccc(Br)c2s1)(C(C)C)C(C)C. The Labute approximate surface area is 136 Å². The largest absolute Gasteiger partial charge is 0.246 e. The Morgan fingerprint density at radius 2 is 1.55 bits per heavy atom. The molecule has 0 spiro atoms. The normalized spacial score (nSPS) is 13.1. The number of fused-ring (bicyclic) bond motifs is 1. The van der Waals surface area contributed by atoms with Gasteiger partial charge in [0.05, 0.1) is 14.8 Å². The fraction of sp³-hybridized carbons (Fsp3) is 0.562. The van der Waals surface area contributed by atoms with Crippen LogP contribution in [-0.2, 0) is 0 Å². The first-order valence-electron chi connectivity index (χ1n) is 7.37. The van der Waals surface area contributed by atoms with Crippen molar-refractivity contribution >= 4 is 50.2 Å². The second-order valence-electron chi connectivity index (χ2n) is 6.50. The first-order valence-corrected chi connectivity index (χ1v) is 11.2. The van der Waals surface area contributed by atoms with Crippen molar-refractivity contribution in [2.24, 2.45) is 0 Å². The predicted molar refractivity (Wildman–Crippen MR) is 98.0 cm³/mol. The number of aromatic nitrogens is 1. The molecule has 0 saturated carbocycles. The lowest BCUT2D eigenvalue weighted by Crippen LogP contribution is -2.55. The number of hydrogen-bond donors (Lipinski definition) is 0. The van der Waals surface area contributed by atoms with Crippen LogP contribution in [0.2, 0.25) is 16.6 Å². The maximum Gasteiger partial charge on any atom is 0.131 e. The van der Waals surface area contributed by atoms with E-state index in [1.807, 2.05) is 11.3 Å². The van der Waals surface area contributed by atoms with Crippen LogP contribution in [0.5, 0.6) is 0 Å². The van der Waals surface area contributed by atoms with Crippen LogP contribution in [0.4, 0.5) is 0 Å². The van der Waals surface area contributed by atoms with Crippen molar-refractivity contribution in [3.63, 3.8) is 0 Å². The lowest BCUT2D eigenvalue weighted by atomic mass is 10.3. The maximum atomic E-state index is 5.06. The number of rotatable bonds is 4. The van der Waals surface area contributed by atoms with Crippen molar-refractivity contribution in [3.05, 3.63) is 22.7 Å². The van der Waals surface area contributed by atoms with E-state index in [1.54, 1.807) is 0 Å². The van der Waals surface area contributed by atoms with Crippen LogP contribution in [-0.4, -0.2) is 13.1 Å². The summed E-state index contributed by atoms with van der Waals surface area (Å²) in [4.78, 5) is 5.06. The van der Waals surface area contributed by atoms with Crippen LogP contribution < -0.4 is 4.63 Å². The predicted octanol–water partition coefficient (Wildman–Crippen LogP) is 5.94. The molecule has 4 heteroatoms. The zero-order valence-electron chi connectivity index (χ0n) is 13.2. The molecule has 2 aromatic rings. The van der Waals surface area contributed by atoms with Gasteiger partial charge in [-0.3, -0.25) is 0 Å². The monoisotopic (exact) mass is 369 g/mol. The molecule has 0 radical (unpaired) electrons. The van der Waals surface area contributed by atoms with Crippen LogP contribution in [0.15, 0.2) is 22.7 Å². The van der Waals surface area contributed by atoms with Gasteiger partial charge in [0.2, 0.25) is 0 Å². The van der Waals surface area contributed by atoms with Crippen molar-refractivity contribution in [2.45, 2.75) is 58.2 Å². The summed E-state index contributed by atoms with van der Waals surface area (Å²) >= 11 is 5.59. The minimum absolute atomic E-state index is 0.710. The number of thiazole rings is 1. The first kappa shape index (κ1) is 16.2. The van der Waals surface area contributed by atoms with E-state index in [9.17, 15) is 0 Å². The molecule has 0 unspecified atom stereocenters. The van der Waals surface area contributed by atoms with Gasteiger partial charge in [-0.15, -0.1) is 11.3 Å². The van der Waals surface area contributed by atoms with Gasteiger partial charge < -0.3 is 0 Å². The molecule has 1 aromatic carbocycles. The molecule has 110 valence electrons. The Morgan fingerprint density at radius 1 is 1.00 bits per heavy atom. The van der Waals surface area contributed by atoms with E-state index in [0.717, 1.165) is 5.52 Å². The highest BCUT2D eigenvalue weighted by atomic mass is 79.9. The average Bonchev–Trinajstić information content (AvgIpc) is 2.73. The number of benzene rings is 1. The lowest BCUT2D eigenvalue weighted by Gasteiger charge is -2.41. The van der Waals surface area contributed by atoms with E-state index < -0.39 is 8.07 Å². The van der Waals surface area contributed by atoms with Gasteiger partial charge in [0.1, 0.15) is 8.07 Å². The fourth-order valence-corrected chi connectivity index (χ4v) is 14.1. The second-order valence-corrected chi connectivity index (χ2v) is 14.5. The molecule has 0 saturated heterocycles. The van der Waals surface area contributed by atoms with Gasteiger partial charge in [-0.2, -0.15) is 0 Å². The molecule has 0 atom stereocenters. The Kier molecular flexibility index (Phi) is 4.77. The quantitative estimate of drug-likeness (QED) is 0.607. The third-order valence-corrected chi connectivity index (χ3v) is 14.4. The Morgan fingerprint density at radius 3 is 2.00 bits per heavy atom. The highest BCUT2D eigenvalue weighted by Crippen LogP contribution is 2.42. The van der Waals surface area contributed by atoms with Gasteiger partial charge >= 0.3 is 0 Å². The van der Waals surface area contributed by atoms with Gasteiger partial charge in [0.15, 0.2) is 0 Å². The number of hydrogen-bond acceptors (Lipinski definition) is 2. The van der Waals surface area contributed by atoms with Crippen LogP contribution in [0.25, 0.3) is 10.2 Å². The van der Waals surface area contributed by atoms with Gasteiger partial charge in [-0.25, -0.2) is 4.98 Å². The first-order chi connectivity index (χ1) is 9.31. The maximum absolute atomic E-state index is 5.06. The summed E-state index contributed by atoms with van der Waals surface area (Å²) < 4.78 is 3.92. The van der Waals surface area contributed by atoms with Crippen molar-refractivity contribution < 1.29 is 0 Å². The number of nitrogens with zero attached hydrogens (tertiary/aromatic N) is 1. The molecule has 20 heavy (non-hydrogen) atoms. The summed E-state index contributed by atoms with van der Waals surface area (Å²) in [5.41, 5.74) is 3.28. The van der Waals surface area contributed by atoms with Crippen LogP contribution in [0.3, 0.4) is 0 Å². The lowest BCUT2D eigenvalue weighted by molar-refractivity contribution is 0.834. The van der Waals surface area contributed by atoms with E-state index in [1.165, 1.54) is 13.8 Å². The summed E-state index contributed by atoms with van der Waals surface area (Å²) in [6.45, 7) is 14.4. The third-order valence-electron chi connectivity index (χ3n) is 4.60. The highest BCUT2D eigenvalue weighted by Gasteiger charge is 2.47. The summed E-state index contributed by atoms with van der Waals surface area (Å²) in [5, 5.41) is 0. The summed E-state index contributed by atoms with van der Waals surface area (Å²) in [7, 11) is -1.62. The Bertz CT molecular complexity index is 582. The molecule has 0 bridgehead atoms. The highest BCUT2D eigenvalue weighted by molar-refractivity contribution is 9.10. The summed E-state index contributed by atoms with van der Waals surface area (Å²) in [6, 6.07) is 6.34. The Balaban J connectivity index is 2.72. The molecule has 0 fully saturated rings. The standard InChI is InChI=1S/C16H24BrNSSi/c1-10(2)20(11(3)4,12(5)6)16-18-14-9-7-8-13(17)15(14)19-16/h7-12H,1-6H3. The molecule has 1 aromatic heterocycles. The smallest absolute Gasteiger partial charge is 0.131 e. The van der Waals surface area contributed by atoms with Gasteiger partial charge in [0, 0.05) is 4.47 Å². The fourth-order valence-electron chi connectivity index (χ4n) is 3.84. The Hall–Kier alpha value is -0.193. The van der Waals surface area contributed by atoms with Crippen molar-refractivity contribution in [1.29, 1.82) is 0 Å². The molecule has 0 amide bonds. The summed E-state index contributed by atoms with van der Waals surface area (Å²) in [5.74, 6) is 0. The van der Waals surface area contributed by atoms with E-state index in [2.05, 4.69) is 75.7 Å². The molecular formula is C16H24BrNSSi. The van der Waals surface area contributed by atoms with Gasteiger partial charge in [-0.1, -0.05) is 47.6 Å². The molecular weight excluding hydrogens is 346 g/mol. The minimum atomic E-state index is -1.62. The van der Waals surface area contributed by atoms with Crippen LogP contribution in [0, 0.1) is 0 Å². The van der Waals surface area contributed by atoms with Crippen LogP contribution in [0.1, 0.15) is 41.5 Å². The molecule has 0 aliphatic rings. The van der Waals surface area contributed by atoms with E-state index in [4.69, 9.17) is 4.98 Å². The molecule has 0 N–H and O–H groups in total. The second kappa shape index (κ2) is 5.89. The zero-order valence-corrected chi connectivity index (χ0v) is 16.6. The molecule has 1 heterocycles. The van der Waals surface area contributed by atoms with Crippen molar-refractivity contribution in [2.75, 3.05) is 0 Å². The van der Waals surface area contributed by atoms with Crippen LogP contribution >= 0.6 is 27.3 Å². The van der Waals surface area contributed by atoms with Crippen molar-refractivity contribution in [1.82, 2.24) is 4.98 Å². The van der Waals surface area contributed by atoms with Gasteiger partial charge in [-0.05, 0) is 44.7 Å². The van der Waals surface area contributed by atoms with Gasteiger partial charge in [0.25, 0.3) is 0 Å². The molecule has 0 aliphatic carbocycles. The molecule has 2 rings (SSSR count).